The minimum Gasteiger partial charge on any atom is -0.480 e. The van der Waals surface area contributed by atoms with Crippen molar-refractivity contribution in [3.8, 4) is 0 Å². The number of carbonyl (C=O) groups excluding carboxylic acids is 1. The number of phosphoric ester groups is 1. The zero-order chi connectivity index (χ0) is 35.6. The molecular weight excluding hydrogens is 633 g/mol. The van der Waals surface area contributed by atoms with Gasteiger partial charge >= 0.3 is 19.8 Å². The minimum absolute atomic E-state index is 0.0158. The molecule has 0 saturated heterocycles. The molecule has 282 valence electrons. The third-order valence-electron chi connectivity index (χ3n) is 7.98. The highest BCUT2D eigenvalue weighted by Crippen LogP contribution is 2.43. The maximum atomic E-state index is 12.5. The van der Waals surface area contributed by atoms with Crippen LogP contribution < -0.4 is 5.73 Å². The van der Waals surface area contributed by atoms with E-state index in [2.05, 4.69) is 42.7 Å². The fraction of sp³-hybridized carbons (Fsp3) is 0.838. The number of unbranched alkanes of at least 4 members (excludes halogenated alkanes) is 18. The number of carboxylic acids is 1. The van der Waals surface area contributed by atoms with Gasteiger partial charge in [0.1, 0.15) is 12.1 Å². The Kier molecular flexibility index (Phi) is 32.8. The molecule has 0 aromatic heterocycles. The minimum atomic E-state index is -4.60. The summed E-state index contributed by atoms with van der Waals surface area (Å²) < 4.78 is 33.1. The molecule has 0 spiro atoms. The molecule has 10 nitrogen and oxygen atoms in total. The Hall–Kier alpha value is -1.55. The van der Waals surface area contributed by atoms with Crippen molar-refractivity contribution in [2.75, 3.05) is 26.4 Å². The van der Waals surface area contributed by atoms with Crippen molar-refractivity contribution in [1.29, 1.82) is 0 Å². The van der Waals surface area contributed by atoms with Crippen molar-refractivity contribution < 1.29 is 42.7 Å². The fourth-order valence-electron chi connectivity index (χ4n) is 4.99. The highest BCUT2D eigenvalue weighted by molar-refractivity contribution is 7.47. The molecule has 0 heterocycles. The quantitative estimate of drug-likeness (QED) is 0.0249. The lowest BCUT2D eigenvalue weighted by atomic mass is 10.1. The van der Waals surface area contributed by atoms with Crippen molar-refractivity contribution in [3.63, 3.8) is 0 Å². The fourth-order valence-corrected chi connectivity index (χ4v) is 5.76. The average molecular weight is 704 g/mol. The summed E-state index contributed by atoms with van der Waals surface area (Å²) in [5.41, 5.74) is 5.32. The van der Waals surface area contributed by atoms with Gasteiger partial charge in [0, 0.05) is 13.0 Å². The van der Waals surface area contributed by atoms with Crippen LogP contribution >= 0.6 is 7.82 Å². The highest BCUT2D eigenvalue weighted by atomic mass is 31.2. The first-order valence-electron chi connectivity index (χ1n) is 18.9. The van der Waals surface area contributed by atoms with E-state index in [4.69, 9.17) is 24.8 Å². The lowest BCUT2D eigenvalue weighted by molar-refractivity contribution is -0.154. The Morgan fingerprint density at radius 2 is 1.15 bits per heavy atom. The molecule has 0 fully saturated rings. The van der Waals surface area contributed by atoms with Crippen molar-refractivity contribution in [2.24, 2.45) is 5.73 Å². The average Bonchev–Trinajstić information content (AvgIpc) is 3.06. The standard InChI is InChI=1S/C37H70NO9P/c1-3-5-7-9-11-13-14-15-16-17-18-19-20-21-22-23-25-27-29-36(39)47-34(31-44-30-28-26-24-12-10-8-6-4-2)32-45-48(42,43)46-33-35(38)37(40)41/h13-14,16-17,34-35H,3-12,15,18-33,38H2,1-2H3,(H,40,41)(H,42,43)/b14-13-,17-16-. The summed E-state index contributed by atoms with van der Waals surface area (Å²) in [4.78, 5) is 33.3. The summed E-state index contributed by atoms with van der Waals surface area (Å²) in [7, 11) is -4.60. The molecule has 0 rings (SSSR count). The summed E-state index contributed by atoms with van der Waals surface area (Å²) in [6, 6.07) is -1.47. The summed E-state index contributed by atoms with van der Waals surface area (Å²) in [6.45, 7) is 3.82. The van der Waals surface area contributed by atoms with Crippen LogP contribution in [0.25, 0.3) is 0 Å². The monoisotopic (exact) mass is 703 g/mol. The van der Waals surface area contributed by atoms with Crippen LogP contribution in [0.4, 0.5) is 0 Å². The molecule has 0 saturated carbocycles. The number of rotatable bonds is 36. The number of hydrogen-bond donors (Lipinski definition) is 3. The molecular formula is C37H70NO9P. The van der Waals surface area contributed by atoms with Crippen LogP contribution in [0.1, 0.15) is 162 Å². The van der Waals surface area contributed by atoms with E-state index in [0.717, 1.165) is 51.4 Å². The first-order valence-corrected chi connectivity index (χ1v) is 20.4. The van der Waals surface area contributed by atoms with E-state index in [-0.39, 0.29) is 13.0 Å². The number of carbonyl (C=O) groups is 2. The molecule has 0 aliphatic rings. The van der Waals surface area contributed by atoms with Gasteiger partial charge in [0.05, 0.1) is 19.8 Å². The number of esters is 1. The zero-order valence-electron chi connectivity index (χ0n) is 30.3. The normalized spacial score (nSPS) is 14.4. The Morgan fingerprint density at radius 1 is 0.667 bits per heavy atom. The predicted octanol–water partition coefficient (Wildman–Crippen LogP) is 9.58. The Morgan fingerprint density at radius 3 is 1.71 bits per heavy atom. The van der Waals surface area contributed by atoms with Crippen LogP contribution in [0.2, 0.25) is 0 Å². The first kappa shape index (κ1) is 46.5. The largest absolute Gasteiger partial charge is 0.480 e. The van der Waals surface area contributed by atoms with Crippen LogP contribution in [-0.4, -0.2) is 60.5 Å². The third-order valence-corrected chi connectivity index (χ3v) is 8.93. The molecule has 0 aromatic carbocycles. The second-order valence-corrected chi connectivity index (χ2v) is 14.2. The van der Waals surface area contributed by atoms with E-state index >= 15 is 0 Å². The molecule has 3 unspecified atom stereocenters. The smallest absolute Gasteiger partial charge is 0.472 e. The van der Waals surface area contributed by atoms with Crippen molar-refractivity contribution in [2.45, 2.75) is 174 Å². The van der Waals surface area contributed by atoms with Gasteiger partial charge in [0.25, 0.3) is 0 Å². The molecule has 0 amide bonds. The molecule has 4 N–H and O–H groups in total. The van der Waals surface area contributed by atoms with Gasteiger partial charge in [-0.3, -0.25) is 18.6 Å². The third kappa shape index (κ3) is 33.0. The molecule has 0 aromatic rings. The summed E-state index contributed by atoms with van der Waals surface area (Å²) in [6.07, 6.45) is 33.8. The Labute approximate surface area is 292 Å². The molecule has 0 radical (unpaired) electrons. The zero-order valence-corrected chi connectivity index (χ0v) is 31.2. The van der Waals surface area contributed by atoms with E-state index in [1.807, 2.05) is 0 Å². The van der Waals surface area contributed by atoms with Crippen molar-refractivity contribution in [3.05, 3.63) is 24.3 Å². The van der Waals surface area contributed by atoms with E-state index in [9.17, 15) is 19.0 Å². The summed E-state index contributed by atoms with van der Waals surface area (Å²) in [5.74, 6) is -1.79. The van der Waals surface area contributed by atoms with E-state index in [1.54, 1.807) is 0 Å². The number of carboxylic acid groups (broad SMARTS) is 1. The maximum absolute atomic E-state index is 12.5. The number of allylic oxidation sites excluding steroid dienone is 4. The van der Waals surface area contributed by atoms with Gasteiger partial charge in [-0.25, -0.2) is 4.57 Å². The van der Waals surface area contributed by atoms with E-state index in [1.165, 1.54) is 83.5 Å². The van der Waals surface area contributed by atoms with Gasteiger partial charge in [-0.1, -0.05) is 134 Å². The molecule has 0 aliphatic carbocycles. The molecule has 11 heteroatoms. The van der Waals surface area contributed by atoms with Crippen LogP contribution in [0.15, 0.2) is 24.3 Å². The topological polar surface area (TPSA) is 155 Å². The second-order valence-electron chi connectivity index (χ2n) is 12.7. The number of hydrogen-bond acceptors (Lipinski definition) is 8. The predicted molar refractivity (Wildman–Crippen MR) is 194 cm³/mol. The van der Waals surface area contributed by atoms with Crippen LogP contribution in [0.5, 0.6) is 0 Å². The summed E-state index contributed by atoms with van der Waals surface area (Å²) in [5, 5.41) is 8.84. The van der Waals surface area contributed by atoms with Crippen LogP contribution in [0, 0.1) is 0 Å². The van der Waals surface area contributed by atoms with E-state index < -0.39 is 45.1 Å². The number of nitrogens with two attached hydrogens (primary N) is 1. The van der Waals surface area contributed by atoms with E-state index in [0.29, 0.717) is 13.0 Å². The lowest BCUT2D eigenvalue weighted by Crippen LogP contribution is -2.34. The second kappa shape index (κ2) is 33.9. The number of ether oxygens (including phenoxy) is 2. The summed E-state index contributed by atoms with van der Waals surface area (Å²) >= 11 is 0. The highest BCUT2D eigenvalue weighted by Gasteiger charge is 2.27. The van der Waals surface area contributed by atoms with Crippen LogP contribution in [0.3, 0.4) is 0 Å². The van der Waals surface area contributed by atoms with Crippen molar-refractivity contribution in [1.82, 2.24) is 0 Å². The van der Waals surface area contributed by atoms with Gasteiger partial charge in [-0.15, -0.1) is 0 Å². The van der Waals surface area contributed by atoms with Gasteiger partial charge in [0.2, 0.25) is 0 Å². The SMILES string of the molecule is CCCCCC/C=C\C/C=C\CCCCCCCCCC(=O)OC(COCCCCCCCCCC)COP(=O)(O)OCC(N)C(=O)O. The van der Waals surface area contributed by atoms with Crippen LogP contribution in [-0.2, 0) is 32.7 Å². The Balaban J connectivity index is 4.24. The van der Waals surface area contributed by atoms with Gasteiger partial charge in [-0.05, 0) is 44.9 Å². The first-order chi connectivity index (χ1) is 23.2. The molecule has 3 atom stereocenters. The molecule has 0 aliphatic heterocycles. The molecule has 48 heavy (non-hydrogen) atoms. The number of phosphoric acid groups is 1. The van der Waals surface area contributed by atoms with Gasteiger partial charge in [-0.2, -0.15) is 0 Å². The van der Waals surface area contributed by atoms with Crippen molar-refractivity contribution >= 4 is 19.8 Å². The van der Waals surface area contributed by atoms with Gasteiger partial charge in [0.15, 0.2) is 0 Å². The molecule has 0 bridgehead atoms. The maximum Gasteiger partial charge on any atom is 0.472 e. The Bertz CT molecular complexity index is 868. The lowest BCUT2D eigenvalue weighted by Gasteiger charge is -2.20. The van der Waals surface area contributed by atoms with Gasteiger partial charge < -0.3 is 25.2 Å². The number of aliphatic carboxylic acids is 1.